The van der Waals surface area contributed by atoms with Gasteiger partial charge in [0.25, 0.3) is 0 Å². The van der Waals surface area contributed by atoms with Gasteiger partial charge in [-0.3, -0.25) is 0 Å². The number of rotatable bonds is 11. The number of hydrogen-bond acceptors (Lipinski definition) is 0. The highest BCUT2D eigenvalue weighted by Crippen LogP contribution is 2.42. The van der Waals surface area contributed by atoms with Gasteiger partial charge in [-0.1, -0.05) is 63.8 Å². The minimum Gasteiger partial charge on any atom is -0.207 e. The summed E-state index contributed by atoms with van der Waals surface area (Å²) in [6.07, 6.45) is 16.7. The molecule has 0 N–H and O–H groups in total. The Morgan fingerprint density at radius 2 is 1.19 bits per heavy atom. The third-order valence-corrected chi connectivity index (χ3v) is 9.42. The first-order valence-corrected chi connectivity index (χ1v) is 15.2. The first kappa shape index (κ1) is 28.2. The molecule has 2 aromatic rings. The van der Waals surface area contributed by atoms with Crippen molar-refractivity contribution in [3.63, 3.8) is 0 Å². The number of benzene rings is 2. The van der Waals surface area contributed by atoms with E-state index in [9.17, 15) is 4.39 Å². The van der Waals surface area contributed by atoms with Crippen LogP contribution in [0.2, 0.25) is 0 Å². The maximum absolute atomic E-state index is 15.2. The standard InChI is InChI=1S/C34H47F3/c1-3-5-6-8-29-20-15-26(23-32(29)35)10-9-25-13-18-28(19-14-25)31-22-21-30(33(36)34(31)37)27-16-11-24(7-4-2)12-17-27/h15,20-25,27-28H,3-14,16-19H2,1-2H3. The van der Waals surface area contributed by atoms with Crippen LogP contribution in [0.3, 0.4) is 0 Å². The molecule has 0 unspecified atom stereocenters. The Kier molecular flexibility index (Phi) is 10.6. The Morgan fingerprint density at radius 1 is 0.622 bits per heavy atom. The normalized spacial score (nSPS) is 24.4. The fraction of sp³-hybridized carbons (Fsp3) is 0.647. The molecule has 2 fully saturated rings. The molecule has 2 aromatic carbocycles. The van der Waals surface area contributed by atoms with Crippen LogP contribution in [0.25, 0.3) is 0 Å². The van der Waals surface area contributed by atoms with Crippen LogP contribution in [0.1, 0.15) is 138 Å². The van der Waals surface area contributed by atoms with Gasteiger partial charge in [-0.15, -0.1) is 0 Å². The molecule has 2 aliphatic carbocycles. The Balaban J connectivity index is 1.27. The molecule has 0 radical (unpaired) electrons. The van der Waals surface area contributed by atoms with Crippen LogP contribution in [-0.2, 0) is 12.8 Å². The third kappa shape index (κ3) is 7.42. The number of aryl methyl sites for hydroxylation is 2. The molecule has 37 heavy (non-hydrogen) atoms. The summed E-state index contributed by atoms with van der Waals surface area (Å²) in [5.74, 6) is 0.381. The second-order valence-corrected chi connectivity index (χ2v) is 12.0. The molecule has 0 heterocycles. The first-order chi connectivity index (χ1) is 18.0. The van der Waals surface area contributed by atoms with Crippen LogP contribution in [0.4, 0.5) is 13.2 Å². The van der Waals surface area contributed by atoms with Crippen molar-refractivity contribution in [2.75, 3.05) is 0 Å². The van der Waals surface area contributed by atoms with Gasteiger partial charge >= 0.3 is 0 Å². The van der Waals surface area contributed by atoms with E-state index in [4.69, 9.17) is 0 Å². The van der Waals surface area contributed by atoms with E-state index in [-0.39, 0.29) is 17.7 Å². The van der Waals surface area contributed by atoms with Gasteiger partial charge in [0, 0.05) is 0 Å². The monoisotopic (exact) mass is 512 g/mol. The highest BCUT2D eigenvalue weighted by atomic mass is 19.2. The van der Waals surface area contributed by atoms with Crippen molar-refractivity contribution in [2.24, 2.45) is 11.8 Å². The van der Waals surface area contributed by atoms with Crippen LogP contribution in [0.5, 0.6) is 0 Å². The summed E-state index contributed by atoms with van der Waals surface area (Å²) in [6.45, 7) is 4.39. The zero-order valence-corrected chi connectivity index (χ0v) is 23.1. The molecule has 2 saturated carbocycles. The van der Waals surface area contributed by atoms with Gasteiger partial charge in [-0.05, 0) is 129 Å². The summed E-state index contributed by atoms with van der Waals surface area (Å²) in [7, 11) is 0. The molecule has 0 amide bonds. The minimum absolute atomic E-state index is 0.0627. The Labute approximate surface area is 223 Å². The molecule has 0 atom stereocenters. The maximum Gasteiger partial charge on any atom is 0.162 e. The fourth-order valence-electron chi connectivity index (χ4n) is 7.03. The lowest BCUT2D eigenvalue weighted by Gasteiger charge is -2.31. The van der Waals surface area contributed by atoms with Crippen molar-refractivity contribution in [3.8, 4) is 0 Å². The minimum atomic E-state index is -0.592. The van der Waals surface area contributed by atoms with Gasteiger partial charge in [0.05, 0.1) is 0 Å². The molecule has 0 nitrogen and oxygen atoms in total. The van der Waals surface area contributed by atoms with Crippen LogP contribution in [-0.4, -0.2) is 0 Å². The van der Waals surface area contributed by atoms with E-state index in [1.807, 2.05) is 18.2 Å². The van der Waals surface area contributed by atoms with E-state index in [0.29, 0.717) is 17.0 Å². The van der Waals surface area contributed by atoms with Crippen molar-refractivity contribution in [1.82, 2.24) is 0 Å². The van der Waals surface area contributed by atoms with Gasteiger partial charge in [0.15, 0.2) is 11.6 Å². The molecule has 204 valence electrons. The summed E-state index contributed by atoms with van der Waals surface area (Å²) in [4.78, 5) is 0. The summed E-state index contributed by atoms with van der Waals surface area (Å²) in [6, 6.07) is 9.57. The quantitative estimate of drug-likeness (QED) is 0.263. The van der Waals surface area contributed by atoms with Crippen molar-refractivity contribution in [2.45, 2.75) is 128 Å². The van der Waals surface area contributed by atoms with E-state index < -0.39 is 11.6 Å². The van der Waals surface area contributed by atoms with Gasteiger partial charge in [0.2, 0.25) is 0 Å². The Morgan fingerprint density at radius 3 is 1.70 bits per heavy atom. The average Bonchev–Trinajstić information content (AvgIpc) is 2.91. The van der Waals surface area contributed by atoms with Crippen LogP contribution in [0, 0.1) is 29.3 Å². The van der Waals surface area contributed by atoms with Crippen LogP contribution < -0.4 is 0 Å². The molecule has 0 saturated heterocycles. The molecule has 0 aromatic heterocycles. The van der Waals surface area contributed by atoms with Gasteiger partial charge in [-0.25, -0.2) is 13.2 Å². The molecule has 4 rings (SSSR count). The topological polar surface area (TPSA) is 0 Å². The predicted molar refractivity (Wildman–Crippen MR) is 149 cm³/mol. The molecule has 0 bridgehead atoms. The lowest BCUT2D eigenvalue weighted by atomic mass is 9.75. The summed E-state index contributed by atoms with van der Waals surface area (Å²) >= 11 is 0. The molecular weight excluding hydrogens is 465 g/mol. The number of halogens is 3. The van der Waals surface area contributed by atoms with E-state index >= 15 is 8.78 Å². The zero-order valence-electron chi connectivity index (χ0n) is 23.1. The fourth-order valence-corrected chi connectivity index (χ4v) is 7.03. The lowest BCUT2D eigenvalue weighted by molar-refractivity contribution is 0.298. The Hall–Kier alpha value is -1.77. The first-order valence-electron chi connectivity index (χ1n) is 15.2. The molecule has 2 aliphatic rings. The lowest BCUT2D eigenvalue weighted by Crippen LogP contribution is -2.17. The SMILES string of the molecule is CCCCCc1ccc(CCC2CCC(c3ccc(C4CCC(CCC)CC4)c(F)c3F)CC2)cc1F. The molecule has 0 aliphatic heterocycles. The second kappa shape index (κ2) is 13.9. The van der Waals surface area contributed by atoms with Crippen molar-refractivity contribution in [1.29, 1.82) is 0 Å². The Bertz CT molecular complexity index is 981. The number of unbranched alkanes of at least 4 members (excludes halogenated alkanes) is 2. The smallest absolute Gasteiger partial charge is 0.162 e. The van der Waals surface area contributed by atoms with Crippen molar-refractivity contribution in [3.05, 3.63) is 70.0 Å². The molecule has 3 heteroatoms. The van der Waals surface area contributed by atoms with Gasteiger partial charge < -0.3 is 0 Å². The zero-order chi connectivity index (χ0) is 26.2. The van der Waals surface area contributed by atoms with Crippen molar-refractivity contribution < 1.29 is 13.2 Å². The van der Waals surface area contributed by atoms with E-state index in [1.165, 1.54) is 12.8 Å². The summed E-state index contributed by atoms with van der Waals surface area (Å²) < 4.78 is 44.9. The van der Waals surface area contributed by atoms with E-state index in [0.717, 1.165) is 107 Å². The molecular formula is C34H47F3. The molecule has 0 spiro atoms. The largest absolute Gasteiger partial charge is 0.207 e. The van der Waals surface area contributed by atoms with E-state index in [1.54, 1.807) is 6.07 Å². The highest BCUT2D eigenvalue weighted by Gasteiger charge is 2.29. The summed E-state index contributed by atoms with van der Waals surface area (Å²) in [5, 5.41) is 0. The van der Waals surface area contributed by atoms with Gasteiger partial charge in [0.1, 0.15) is 5.82 Å². The van der Waals surface area contributed by atoms with Crippen LogP contribution in [0.15, 0.2) is 30.3 Å². The van der Waals surface area contributed by atoms with E-state index in [2.05, 4.69) is 19.9 Å². The highest BCUT2D eigenvalue weighted by molar-refractivity contribution is 5.32. The number of hydrogen-bond donors (Lipinski definition) is 0. The van der Waals surface area contributed by atoms with Gasteiger partial charge in [-0.2, -0.15) is 0 Å². The maximum atomic E-state index is 15.2. The second-order valence-electron chi connectivity index (χ2n) is 12.0. The predicted octanol–water partition coefficient (Wildman–Crippen LogP) is 10.8. The average molecular weight is 513 g/mol. The van der Waals surface area contributed by atoms with Crippen LogP contribution >= 0.6 is 0 Å². The van der Waals surface area contributed by atoms with Crippen molar-refractivity contribution >= 4 is 0 Å². The third-order valence-electron chi connectivity index (χ3n) is 9.42. The summed E-state index contributed by atoms with van der Waals surface area (Å²) in [5.41, 5.74) is 3.10.